The van der Waals surface area contributed by atoms with Gasteiger partial charge in [-0.3, -0.25) is 4.68 Å². The minimum atomic E-state index is -0.302. The highest BCUT2D eigenvalue weighted by atomic mass is 32.2. The minimum Gasteiger partial charge on any atom is -0.324 e. The molecular formula is C25H26N8OS. The van der Waals surface area contributed by atoms with Gasteiger partial charge in [-0.15, -0.1) is 11.8 Å². The third kappa shape index (κ3) is 5.90. The molecule has 4 N–H and O–H groups in total. The van der Waals surface area contributed by atoms with Crippen molar-refractivity contribution in [3.05, 3.63) is 72.6 Å². The average Bonchev–Trinajstić information content (AvgIpc) is 3.63. The van der Waals surface area contributed by atoms with E-state index in [2.05, 4.69) is 42.4 Å². The number of urea groups is 1. The van der Waals surface area contributed by atoms with Crippen LogP contribution in [-0.4, -0.2) is 32.0 Å². The molecule has 0 saturated heterocycles. The van der Waals surface area contributed by atoms with E-state index in [0.29, 0.717) is 23.4 Å². The molecule has 2 amide bonds. The zero-order chi connectivity index (χ0) is 24.2. The van der Waals surface area contributed by atoms with Crippen LogP contribution < -0.4 is 21.3 Å². The largest absolute Gasteiger partial charge is 0.324 e. The van der Waals surface area contributed by atoms with Crippen LogP contribution in [0.3, 0.4) is 0 Å². The highest BCUT2D eigenvalue weighted by Gasteiger charge is 2.27. The maximum Gasteiger partial charge on any atom is 0.323 e. The van der Waals surface area contributed by atoms with Crippen LogP contribution in [-0.2, 0) is 7.05 Å². The summed E-state index contributed by atoms with van der Waals surface area (Å²) in [6, 6.07) is 18.6. The number of thioether (sulfide) groups is 1. The van der Waals surface area contributed by atoms with Crippen molar-refractivity contribution < 1.29 is 4.79 Å². The van der Waals surface area contributed by atoms with E-state index in [4.69, 9.17) is 0 Å². The van der Waals surface area contributed by atoms with Crippen molar-refractivity contribution in [2.24, 2.45) is 7.05 Å². The summed E-state index contributed by atoms with van der Waals surface area (Å²) in [4.78, 5) is 22.3. The Balaban J connectivity index is 1.17. The van der Waals surface area contributed by atoms with Crippen molar-refractivity contribution in [1.82, 2.24) is 19.7 Å². The molecule has 35 heavy (non-hydrogen) atoms. The summed E-state index contributed by atoms with van der Waals surface area (Å²) in [7, 11) is 1.97. The summed E-state index contributed by atoms with van der Waals surface area (Å²) >= 11 is 1.66. The molecule has 2 heterocycles. The van der Waals surface area contributed by atoms with Gasteiger partial charge in [-0.1, -0.05) is 0 Å². The Bertz CT molecular complexity index is 1320. The Kier molecular flexibility index (Phi) is 6.53. The first-order chi connectivity index (χ1) is 17.1. The molecule has 0 radical (unpaired) electrons. The van der Waals surface area contributed by atoms with Gasteiger partial charge in [-0.05, 0) is 73.7 Å². The summed E-state index contributed by atoms with van der Waals surface area (Å²) in [5.41, 5.74) is 3.45. The third-order valence-electron chi connectivity index (χ3n) is 5.57. The number of rotatable bonds is 8. The molecule has 1 fully saturated rings. The molecule has 1 saturated carbocycles. The van der Waals surface area contributed by atoms with Crippen LogP contribution in [0.15, 0.2) is 71.8 Å². The fourth-order valence-corrected chi connectivity index (χ4v) is 4.07. The van der Waals surface area contributed by atoms with Crippen LogP contribution in [0.4, 0.5) is 39.4 Å². The summed E-state index contributed by atoms with van der Waals surface area (Å²) in [5.74, 6) is 2.51. The van der Waals surface area contributed by atoms with Gasteiger partial charge in [0.2, 0.25) is 5.95 Å². The third-order valence-corrected chi connectivity index (χ3v) is 6.31. The smallest absolute Gasteiger partial charge is 0.323 e. The summed E-state index contributed by atoms with van der Waals surface area (Å²) in [6.45, 7) is 0. The van der Waals surface area contributed by atoms with Crippen LogP contribution >= 0.6 is 11.8 Å². The predicted molar refractivity (Wildman–Crippen MR) is 141 cm³/mol. The van der Waals surface area contributed by atoms with E-state index >= 15 is 0 Å². The van der Waals surface area contributed by atoms with Crippen molar-refractivity contribution in [1.29, 1.82) is 0 Å². The van der Waals surface area contributed by atoms with E-state index in [9.17, 15) is 4.79 Å². The number of nitrogens with zero attached hydrogens (tertiary/aromatic N) is 4. The van der Waals surface area contributed by atoms with Crippen molar-refractivity contribution in [3.63, 3.8) is 0 Å². The van der Waals surface area contributed by atoms with Crippen LogP contribution in [0.1, 0.15) is 24.5 Å². The highest BCUT2D eigenvalue weighted by Crippen LogP contribution is 2.40. The SMILES string of the molecule is CSc1ccc(NC(=O)Nc2ccc(Nc3nccc(Nc4cc(C5CC5)n(C)n4)n3)cc2)cc1. The number of carbonyl (C=O) groups is 1. The van der Waals surface area contributed by atoms with Crippen LogP contribution in [0.25, 0.3) is 0 Å². The molecule has 0 atom stereocenters. The quantitative estimate of drug-likeness (QED) is 0.228. The predicted octanol–water partition coefficient (Wildman–Crippen LogP) is 5.94. The second kappa shape index (κ2) is 10.1. The van der Waals surface area contributed by atoms with E-state index in [1.54, 1.807) is 24.0 Å². The topological polar surface area (TPSA) is 109 Å². The van der Waals surface area contributed by atoms with Gasteiger partial charge in [0.25, 0.3) is 0 Å². The molecular weight excluding hydrogens is 460 g/mol. The molecule has 178 valence electrons. The van der Waals surface area contributed by atoms with Crippen molar-refractivity contribution in [2.45, 2.75) is 23.7 Å². The van der Waals surface area contributed by atoms with E-state index < -0.39 is 0 Å². The summed E-state index contributed by atoms with van der Waals surface area (Å²) in [5, 5.41) is 16.6. The lowest BCUT2D eigenvalue weighted by molar-refractivity contribution is 0.262. The molecule has 2 aromatic carbocycles. The molecule has 1 aliphatic rings. The monoisotopic (exact) mass is 486 g/mol. The fourth-order valence-electron chi connectivity index (χ4n) is 3.66. The number of anilines is 6. The minimum absolute atomic E-state index is 0.302. The molecule has 0 unspecified atom stereocenters. The van der Waals surface area contributed by atoms with Gasteiger partial charge < -0.3 is 21.3 Å². The molecule has 10 heteroatoms. The first-order valence-corrected chi connectivity index (χ1v) is 12.5. The average molecular weight is 487 g/mol. The lowest BCUT2D eigenvalue weighted by atomic mass is 10.3. The van der Waals surface area contributed by atoms with Gasteiger partial charge in [-0.25, -0.2) is 9.78 Å². The van der Waals surface area contributed by atoms with E-state index in [-0.39, 0.29) is 6.03 Å². The molecule has 4 aromatic rings. The highest BCUT2D eigenvalue weighted by molar-refractivity contribution is 7.98. The Hall–Kier alpha value is -4.05. The number of nitrogens with one attached hydrogen (secondary N) is 4. The standard InChI is InChI=1S/C25H26N8OS/c1-33-21(16-3-4-16)15-23(32-33)30-22-13-14-26-24(31-22)27-17-5-7-18(8-6-17)28-25(34)29-19-9-11-20(35-2)12-10-19/h5-16H,3-4H2,1-2H3,(H2,28,29,34)(H2,26,27,30,31,32). The summed E-state index contributed by atoms with van der Waals surface area (Å²) in [6.07, 6.45) is 6.16. The zero-order valence-corrected chi connectivity index (χ0v) is 20.3. The van der Waals surface area contributed by atoms with E-state index in [1.807, 2.05) is 66.5 Å². The Morgan fingerprint density at radius 1 is 0.914 bits per heavy atom. The Labute approximate surface area is 207 Å². The number of amides is 2. The van der Waals surface area contributed by atoms with Gasteiger partial charge in [0.15, 0.2) is 5.82 Å². The number of aryl methyl sites for hydroxylation is 1. The molecule has 2 aromatic heterocycles. The number of aromatic nitrogens is 4. The molecule has 1 aliphatic carbocycles. The molecule has 5 rings (SSSR count). The second-order valence-electron chi connectivity index (χ2n) is 8.25. The van der Waals surface area contributed by atoms with E-state index in [1.165, 1.54) is 18.5 Å². The fraction of sp³-hybridized carbons (Fsp3) is 0.200. The van der Waals surface area contributed by atoms with Crippen LogP contribution in [0.2, 0.25) is 0 Å². The van der Waals surface area contributed by atoms with Gasteiger partial charge in [0.05, 0.1) is 0 Å². The summed E-state index contributed by atoms with van der Waals surface area (Å²) < 4.78 is 1.93. The lowest BCUT2D eigenvalue weighted by Gasteiger charge is -2.10. The number of benzene rings is 2. The van der Waals surface area contributed by atoms with Crippen molar-refractivity contribution in [2.75, 3.05) is 27.5 Å². The van der Waals surface area contributed by atoms with Crippen molar-refractivity contribution >= 4 is 52.4 Å². The second-order valence-corrected chi connectivity index (χ2v) is 9.13. The Morgan fingerprint density at radius 3 is 2.23 bits per heavy atom. The number of carbonyl (C=O) groups excluding carboxylic acids is 1. The zero-order valence-electron chi connectivity index (χ0n) is 19.4. The van der Waals surface area contributed by atoms with Gasteiger partial charge in [-0.2, -0.15) is 10.1 Å². The molecule has 0 bridgehead atoms. The van der Waals surface area contributed by atoms with Gasteiger partial charge in [0.1, 0.15) is 5.82 Å². The van der Waals surface area contributed by atoms with Gasteiger partial charge in [0, 0.05) is 52.9 Å². The van der Waals surface area contributed by atoms with Gasteiger partial charge >= 0.3 is 6.03 Å². The normalized spacial score (nSPS) is 12.7. The Morgan fingerprint density at radius 2 is 1.57 bits per heavy atom. The lowest BCUT2D eigenvalue weighted by Crippen LogP contribution is -2.19. The maximum atomic E-state index is 12.3. The first kappa shape index (κ1) is 22.7. The van der Waals surface area contributed by atoms with Crippen LogP contribution in [0.5, 0.6) is 0 Å². The maximum absolute atomic E-state index is 12.3. The number of hydrogen-bond acceptors (Lipinski definition) is 7. The molecule has 9 nitrogen and oxygen atoms in total. The molecule has 0 spiro atoms. The van der Waals surface area contributed by atoms with Crippen molar-refractivity contribution in [3.8, 4) is 0 Å². The first-order valence-electron chi connectivity index (χ1n) is 11.3. The van der Waals surface area contributed by atoms with Crippen LogP contribution in [0, 0.1) is 0 Å². The molecule has 0 aliphatic heterocycles. The number of hydrogen-bond donors (Lipinski definition) is 4. The van der Waals surface area contributed by atoms with E-state index in [0.717, 1.165) is 22.1 Å².